The molecule has 0 aliphatic carbocycles. The average molecular weight is 266 g/mol. The van der Waals surface area contributed by atoms with Crippen LogP contribution < -0.4 is 0 Å². The molecule has 78 valence electrons. The van der Waals surface area contributed by atoms with Gasteiger partial charge in [-0.25, -0.2) is 0 Å². The van der Waals surface area contributed by atoms with Crippen molar-refractivity contribution in [2.24, 2.45) is 5.92 Å². The fourth-order valence-electron chi connectivity index (χ4n) is 1.42. The molecule has 1 unspecified atom stereocenters. The topological polar surface area (TPSA) is 40.9 Å². The van der Waals surface area contributed by atoms with Crippen molar-refractivity contribution in [2.45, 2.75) is 20.3 Å². The monoisotopic (exact) mass is 265 g/mol. The van der Waals surface area contributed by atoms with E-state index in [0.717, 1.165) is 10.0 Å². The van der Waals surface area contributed by atoms with Crippen molar-refractivity contribution in [1.82, 2.24) is 0 Å². The van der Waals surface area contributed by atoms with Crippen LogP contribution in [0.25, 0.3) is 0 Å². The Balaban J connectivity index is 3.06. The number of hydrogen-bond acceptors (Lipinski definition) is 2. The van der Waals surface area contributed by atoms with Gasteiger partial charge < -0.3 is 0 Å². The molecule has 0 radical (unpaired) electrons. The zero-order valence-electron chi connectivity index (χ0n) is 8.75. The first-order chi connectivity index (χ1) is 7.08. The Morgan fingerprint density at radius 1 is 1.53 bits per heavy atom. The average Bonchev–Trinajstić information content (AvgIpc) is 2.18. The second-order valence-corrected chi connectivity index (χ2v) is 4.39. The molecule has 0 bridgehead atoms. The molecule has 0 amide bonds. The van der Waals surface area contributed by atoms with Crippen LogP contribution in [0.15, 0.2) is 22.7 Å². The van der Waals surface area contributed by atoms with Gasteiger partial charge in [0, 0.05) is 10.0 Å². The van der Waals surface area contributed by atoms with Crippen molar-refractivity contribution in [1.29, 1.82) is 5.26 Å². The molecule has 0 aliphatic heterocycles. The number of benzene rings is 1. The lowest BCUT2D eigenvalue weighted by molar-refractivity contribution is 0.0946. The van der Waals surface area contributed by atoms with Crippen LogP contribution in [0.1, 0.15) is 29.3 Å². The molecule has 1 aromatic carbocycles. The molecule has 0 saturated heterocycles. The summed E-state index contributed by atoms with van der Waals surface area (Å²) in [7, 11) is 0. The van der Waals surface area contributed by atoms with Gasteiger partial charge in [0.05, 0.1) is 6.07 Å². The first-order valence-electron chi connectivity index (χ1n) is 4.79. The smallest absolute Gasteiger partial charge is 0.180 e. The highest BCUT2D eigenvalue weighted by Crippen LogP contribution is 2.19. The van der Waals surface area contributed by atoms with Crippen LogP contribution in [0.5, 0.6) is 0 Å². The van der Waals surface area contributed by atoms with Crippen LogP contribution in [0.2, 0.25) is 0 Å². The quantitative estimate of drug-likeness (QED) is 0.786. The molecule has 15 heavy (non-hydrogen) atoms. The van der Waals surface area contributed by atoms with Crippen LogP contribution in [0, 0.1) is 24.2 Å². The summed E-state index contributed by atoms with van der Waals surface area (Å²) in [6, 6.07) is 7.53. The molecule has 3 heteroatoms. The normalized spacial score (nSPS) is 11.9. The third-order valence-electron chi connectivity index (χ3n) is 2.21. The minimum atomic E-state index is -0.529. The Kier molecular flexibility index (Phi) is 4.05. The highest BCUT2D eigenvalue weighted by Gasteiger charge is 2.17. The summed E-state index contributed by atoms with van der Waals surface area (Å²) in [5, 5.41) is 8.81. The van der Waals surface area contributed by atoms with Gasteiger partial charge >= 0.3 is 0 Å². The van der Waals surface area contributed by atoms with Gasteiger partial charge in [0.1, 0.15) is 5.92 Å². The minimum absolute atomic E-state index is 0.0931. The SMILES string of the molecule is CCC(C#N)C(=O)c1cc(C)cc(Br)c1. The molecule has 0 aliphatic rings. The first-order valence-corrected chi connectivity index (χ1v) is 5.58. The van der Waals surface area contributed by atoms with Crippen molar-refractivity contribution >= 4 is 21.7 Å². The molecule has 1 aromatic rings. The second-order valence-electron chi connectivity index (χ2n) is 3.47. The van der Waals surface area contributed by atoms with Crippen molar-refractivity contribution in [3.63, 3.8) is 0 Å². The zero-order valence-corrected chi connectivity index (χ0v) is 10.3. The van der Waals surface area contributed by atoms with E-state index in [9.17, 15) is 4.79 Å². The molecule has 1 atom stereocenters. The highest BCUT2D eigenvalue weighted by molar-refractivity contribution is 9.10. The van der Waals surface area contributed by atoms with Crippen LogP contribution in [-0.2, 0) is 0 Å². The largest absolute Gasteiger partial charge is 0.293 e. The molecule has 0 aromatic heterocycles. The van der Waals surface area contributed by atoms with Crippen molar-refractivity contribution < 1.29 is 4.79 Å². The number of nitriles is 1. The number of aryl methyl sites for hydroxylation is 1. The van der Waals surface area contributed by atoms with E-state index in [1.807, 2.05) is 32.0 Å². The van der Waals surface area contributed by atoms with Crippen LogP contribution in [0.3, 0.4) is 0 Å². The maximum absolute atomic E-state index is 11.9. The van der Waals surface area contributed by atoms with E-state index < -0.39 is 5.92 Å². The molecule has 0 fully saturated rings. The summed E-state index contributed by atoms with van der Waals surface area (Å²) < 4.78 is 0.874. The number of halogens is 1. The summed E-state index contributed by atoms with van der Waals surface area (Å²) in [6.07, 6.45) is 0.556. The lowest BCUT2D eigenvalue weighted by Crippen LogP contribution is -2.12. The van der Waals surface area contributed by atoms with Gasteiger partial charge in [-0.2, -0.15) is 5.26 Å². The Morgan fingerprint density at radius 3 is 2.67 bits per heavy atom. The van der Waals surface area contributed by atoms with Crippen LogP contribution >= 0.6 is 15.9 Å². The number of ketones is 1. The molecule has 0 heterocycles. The van der Waals surface area contributed by atoms with Gasteiger partial charge in [0.15, 0.2) is 5.78 Å². The lowest BCUT2D eigenvalue weighted by Gasteiger charge is -2.06. The molecule has 0 saturated carbocycles. The minimum Gasteiger partial charge on any atom is -0.293 e. The van der Waals surface area contributed by atoms with E-state index in [0.29, 0.717) is 12.0 Å². The fourth-order valence-corrected chi connectivity index (χ4v) is 2.02. The van der Waals surface area contributed by atoms with E-state index in [1.165, 1.54) is 0 Å². The standard InChI is InChI=1S/C12H12BrNO/c1-3-9(7-14)12(15)10-4-8(2)5-11(13)6-10/h4-6,9H,3H2,1-2H3. The number of carbonyl (C=O) groups is 1. The first kappa shape index (κ1) is 11.9. The summed E-state index contributed by atoms with van der Waals surface area (Å²) in [4.78, 5) is 11.9. The second kappa shape index (κ2) is 5.09. The number of hydrogen-bond donors (Lipinski definition) is 0. The van der Waals surface area contributed by atoms with Crippen LogP contribution in [0.4, 0.5) is 0 Å². The molecule has 1 rings (SSSR count). The van der Waals surface area contributed by atoms with E-state index >= 15 is 0 Å². The van der Waals surface area contributed by atoms with E-state index in [4.69, 9.17) is 5.26 Å². The van der Waals surface area contributed by atoms with Crippen LogP contribution in [-0.4, -0.2) is 5.78 Å². The summed E-state index contributed by atoms with van der Waals surface area (Å²) in [5.74, 6) is -0.622. The maximum Gasteiger partial charge on any atom is 0.180 e. The molecule has 2 nitrogen and oxygen atoms in total. The third kappa shape index (κ3) is 2.90. The third-order valence-corrected chi connectivity index (χ3v) is 2.67. The molecule has 0 spiro atoms. The van der Waals surface area contributed by atoms with E-state index in [2.05, 4.69) is 15.9 Å². The predicted molar refractivity (Wildman–Crippen MR) is 62.6 cm³/mol. The Hall–Kier alpha value is -1.14. The fraction of sp³-hybridized carbons (Fsp3) is 0.333. The zero-order chi connectivity index (χ0) is 11.4. The Bertz CT molecular complexity index is 400. The Labute approximate surface area is 98.0 Å². The van der Waals surface area contributed by atoms with Gasteiger partial charge in [-0.1, -0.05) is 22.9 Å². The van der Waals surface area contributed by atoms with Gasteiger partial charge in [0.2, 0.25) is 0 Å². The van der Waals surface area contributed by atoms with Gasteiger partial charge in [-0.15, -0.1) is 0 Å². The number of carbonyl (C=O) groups excluding carboxylic acids is 1. The van der Waals surface area contributed by atoms with Gasteiger partial charge in [-0.05, 0) is 37.1 Å². The summed E-state index contributed by atoms with van der Waals surface area (Å²) in [6.45, 7) is 3.77. The van der Waals surface area contributed by atoms with Crippen molar-refractivity contribution in [2.75, 3.05) is 0 Å². The van der Waals surface area contributed by atoms with E-state index in [-0.39, 0.29) is 5.78 Å². The molecular formula is C12H12BrNO. The van der Waals surface area contributed by atoms with Gasteiger partial charge in [-0.3, -0.25) is 4.79 Å². The highest BCUT2D eigenvalue weighted by atomic mass is 79.9. The number of Topliss-reactive ketones (excluding diaryl/α,β-unsaturated/α-hetero) is 1. The van der Waals surface area contributed by atoms with Crippen molar-refractivity contribution in [3.8, 4) is 6.07 Å². The molecule has 0 N–H and O–H groups in total. The summed E-state index contributed by atoms with van der Waals surface area (Å²) >= 11 is 3.34. The Morgan fingerprint density at radius 2 is 2.20 bits per heavy atom. The van der Waals surface area contributed by atoms with Crippen molar-refractivity contribution in [3.05, 3.63) is 33.8 Å². The number of rotatable bonds is 3. The lowest BCUT2D eigenvalue weighted by atomic mass is 9.96. The summed E-state index contributed by atoms with van der Waals surface area (Å²) in [5.41, 5.74) is 1.62. The maximum atomic E-state index is 11.9. The van der Waals surface area contributed by atoms with Gasteiger partial charge in [0.25, 0.3) is 0 Å². The predicted octanol–water partition coefficient (Wildman–Crippen LogP) is 3.49. The number of nitrogens with zero attached hydrogens (tertiary/aromatic N) is 1. The van der Waals surface area contributed by atoms with E-state index in [1.54, 1.807) is 6.07 Å². The molecular weight excluding hydrogens is 254 g/mol.